The molecule has 35 heavy (non-hydrogen) atoms. The fraction of sp³-hybridized carbons (Fsp3) is 0.273. The van der Waals surface area contributed by atoms with Crippen LogP contribution < -0.4 is 0 Å². The van der Waals surface area contributed by atoms with Gasteiger partial charge >= 0.3 is 0 Å². The summed E-state index contributed by atoms with van der Waals surface area (Å²) in [5, 5.41) is 38.5. The summed E-state index contributed by atoms with van der Waals surface area (Å²) in [6.45, 7) is 2.54. The molecule has 0 radical (unpaired) electrons. The van der Waals surface area contributed by atoms with Crippen LogP contribution in [-0.2, 0) is 5.91 Å². The first-order valence-electron chi connectivity index (χ1n) is 10.2. The molecule has 3 N–H and O–H groups in total. The molecule has 0 aliphatic rings. The number of hydrogen-bond donors (Lipinski definition) is 3. The molecule has 0 atom stereocenters. The highest BCUT2D eigenvalue weighted by molar-refractivity contribution is 6.33. The summed E-state index contributed by atoms with van der Waals surface area (Å²) in [5.74, 6) is -4.11. The van der Waals surface area contributed by atoms with Gasteiger partial charge in [0.25, 0.3) is 12.3 Å². The van der Waals surface area contributed by atoms with Crippen LogP contribution in [-0.4, -0.2) is 45.8 Å². The van der Waals surface area contributed by atoms with Crippen LogP contribution in [0.25, 0.3) is 34.0 Å². The van der Waals surface area contributed by atoms with Crippen molar-refractivity contribution in [2.75, 3.05) is 0 Å². The van der Waals surface area contributed by atoms with Gasteiger partial charge in [0.2, 0.25) is 0 Å². The van der Waals surface area contributed by atoms with Crippen molar-refractivity contribution in [2.24, 2.45) is 0 Å². The van der Waals surface area contributed by atoms with Crippen LogP contribution in [0.3, 0.4) is 0 Å². The Hall–Kier alpha value is -3.32. The van der Waals surface area contributed by atoms with Crippen molar-refractivity contribution < 1.29 is 33.0 Å². The van der Waals surface area contributed by atoms with Gasteiger partial charge in [0.05, 0.1) is 39.9 Å². The van der Waals surface area contributed by atoms with E-state index < -0.39 is 35.9 Å². The second-order valence-electron chi connectivity index (χ2n) is 8.32. The summed E-state index contributed by atoms with van der Waals surface area (Å²) in [6, 6.07) is 5.44. The molecule has 0 unspecified atom stereocenters. The summed E-state index contributed by atoms with van der Waals surface area (Å²) in [4.78, 5) is 8.22. The standard InChI is InChI=1S/C22H19ClF3N5O4/c1-21(2,32)10-22(33,34)31-17(19(25)26)11(9-29-31)18-15(20-27-7-4-8-28-20)16(30-35-18)14-12(23)5-3-6-13(14)24/h3-9,19,32-34H,10H2,1-2H3. The van der Waals surface area contributed by atoms with E-state index in [0.717, 1.165) is 12.3 Å². The molecule has 1 aromatic carbocycles. The molecule has 13 heteroatoms. The quantitative estimate of drug-likeness (QED) is 0.317. The minimum absolute atomic E-state index is 0.0262. The van der Waals surface area contributed by atoms with Gasteiger partial charge in [-0.3, -0.25) is 0 Å². The van der Waals surface area contributed by atoms with Gasteiger partial charge in [-0.2, -0.15) is 5.10 Å². The van der Waals surface area contributed by atoms with Gasteiger partial charge < -0.3 is 19.8 Å². The molecule has 3 heterocycles. The van der Waals surface area contributed by atoms with E-state index in [9.17, 15) is 28.5 Å². The Kier molecular flexibility index (Phi) is 6.40. The van der Waals surface area contributed by atoms with Crippen LogP contribution in [0.15, 0.2) is 47.4 Å². The molecule has 0 amide bonds. The maximum absolute atomic E-state index is 14.7. The Morgan fingerprint density at radius 3 is 2.37 bits per heavy atom. The number of benzene rings is 1. The van der Waals surface area contributed by atoms with Crippen molar-refractivity contribution in [1.29, 1.82) is 0 Å². The highest BCUT2D eigenvalue weighted by atomic mass is 35.5. The summed E-state index contributed by atoms with van der Waals surface area (Å²) in [6.07, 6.45) is -0.365. The predicted octanol–water partition coefficient (Wildman–Crippen LogP) is 4.15. The zero-order valence-corrected chi connectivity index (χ0v) is 19.1. The second-order valence-corrected chi connectivity index (χ2v) is 8.73. The lowest BCUT2D eigenvalue weighted by Gasteiger charge is -2.29. The summed E-state index contributed by atoms with van der Waals surface area (Å²) < 4.78 is 48.9. The van der Waals surface area contributed by atoms with Crippen LogP contribution in [0.4, 0.5) is 13.2 Å². The first-order valence-corrected chi connectivity index (χ1v) is 10.5. The van der Waals surface area contributed by atoms with Gasteiger partial charge in [0.15, 0.2) is 11.6 Å². The lowest BCUT2D eigenvalue weighted by molar-refractivity contribution is -0.264. The minimum atomic E-state index is -3.27. The fourth-order valence-corrected chi connectivity index (χ4v) is 3.94. The Balaban J connectivity index is 1.99. The van der Waals surface area contributed by atoms with E-state index in [4.69, 9.17) is 16.1 Å². The largest absolute Gasteiger partial charge is 0.390 e. The van der Waals surface area contributed by atoms with Crippen molar-refractivity contribution >= 4 is 11.6 Å². The van der Waals surface area contributed by atoms with Crippen LogP contribution in [0, 0.1) is 5.82 Å². The molecule has 0 aliphatic carbocycles. The van der Waals surface area contributed by atoms with Gasteiger partial charge in [-0.15, -0.1) is 0 Å². The Morgan fingerprint density at radius 1 is 1.09 bits per heavy atom. The number of nitrogens with zero attached hydrogens (tertiary/aromatic N) is 5. The molecule has 3 aromatic heterocycles. The molecule has 0 spiro atoms. The molecule has 0 saturated carbocycles. The maximum atomic E-state index is 14.7. The molecule has 0 saturated heterocycles. The van der Waals surface area contributed by atoms with Crippen LogP contribution in [0.5, 0.6) is 0 Å². The van der Waals surface area contributed by atoms with Gasteiger partial charge in [-0.05, 0) is 32.0 Å². The Labute approximate surface area is 201 Å². The van der Waals surface area contributed by atoms with E-state index in [1.807, 2.05) is 0 Å². The lowest BCUT2D eigenvalue weighted by Crippen LogP contribution is -2.42. The summed E-state index contributed by atoms with van der Waals surface area (Å²) >= 11 is 6.20. The van der Waals surface area contributed by atoms with Gasteiger partial charge in [0.1, 0.15) is 17.2 Å². The van der Waals surface area contributed by atoms with Crippen molar-refractivity contribution in [2.45, 2.75) is 38.2 Å². The first kappa shape index (κ1) is 24.8. The van der Waals surface area contributed by atoms with E-state index in [-0.39, 0.29) is 43.7 Å². The zero-order chi connectivity index (χ0) is 25.5. The lowest BCUT2D eigenvalue weighted by atomic mass is 10.0. The molecule has 9 nitrogen and oxygen atoms in total. The zero-order valence-electron chi connectivity index (χ0n) is 18.3. The van der Waals surface area contributed by atoms with E-state index in [1.165, 1.54) is 44.4 Å². The smallest absolute Gasteiger partial charge is 0.281 e. The number of aromatic nitrogens is 5. The molecule has 0 bridgehead atoms. The molecule has 184 valence electrons. The minimum Gasteiger partial charge on any atom is -0.390 e. The number of alkyl halides is 2. The predicted molar refractivity (Wildman–Crippen MR) is 117 cm³/mol. The average molecular weight is 510 g/mol. The Morgan fingerprint density at radius 2 is 1.77 bits per heavy atom. The third kappa shape index (κ3) is 4.78. The van der Waals surface area contributed by atoms with Gasteiger partial charge in [-0.1, -0.05) is 22.8 Å². The van der Waals surface area contributed by atoms with Crippen molar-refractivity contribution in [1.82, 2.24) is 24.9 Å². The number of halogens is 4. The normalized spacial score (nSPS) is 12.5. The second kappa shape index (κ2) is 9.04. The van der Waals surface area contributed by atoms with E-state index in [1.54, 1.807) is 0 Å². The van der Waals surface area contributed by atoms with E-state index in [2.05, 4.69) is 20.2 Å². The maximum Gasteiger partial charge on any atom is 0.281 e. The monoisotopic (exact) mass is 509 g/mol. The topological polar surface area (TPSA) is 130 Å². The van der Waals surface area contributed by atoms with Crippen LogP contribution in [0.1, 0.15) is 32.4 Å². The molecule has 0 aliphatic heterocycles. The highest BCUT2D eigenvalue weighted by Gasteiger charge is 2.40. The fourth-order valence-electron chi connectivity index (χ4n) is 3.69. The molecule has 0 fully saturated rings. The average Bonchev–Trinajstić information content (AvgIpc) is 3.37. The van der Waals surface area contributed by atoms with Crippen molar-refractivity contribution in [3.63, 3.8) is 0 Å². The van der Waals surface area contributed by atoms with Crippen LogP contribution in [0.2, 0.25) is 5.02 Å². The van der Waals surface area contributed by atoms with Crippen molar-refractivity contribution in [3.05, 3.63) is 59.4 Å². The van der Waals surface area contributed by atoms with Crippen molar-refractivity contribution in [3.8, 4) is 34.0 Å². The number of hydrogen-bond acceptors (Lipinski definition) is 8. The third-order valence-electron chi connectivity index (χ3n) is 4.95. The molecular weight excluding hydrogens is 491 g/mol. The van der Waals surface area contributed by atoms with Gasteiger partial charge in [-0.25, -0.2) is 27.8 Å². The van der Waals surface area contributed by atoms with Crippen LogP contribution >= 0.6 is 11.6 Å². The third-order valence-corrected chi connectivity index (χ3v) is 5.26. The van der Waals surface area contributed by atoms with E-state index >= 15 is 0 Å². The number of rotatable bonds is 7. The van der Waals surface area contributed by atoms with Gasteiger partial charge in [0, 0.05) is 12.4 Å². The molecule has 4 aromatic rings. The van der Waals surface area contributed by atoms with E-state index in [0.29, 0.717) is 0 Å². The first-order chi connectivity index (χ1) is 16.4. The molecule has 4 rings (SSSR count). The molecular formula is C22H19ClF3N5O4. The summed E-state index contributed by atoms with van der Waals surface area (Å²) in [5.41, 5.74) is -3.35. The SMILES string of the molecule is CC(C)(O)CC(O)(O)n1ncc(-c2onc(-c3c(F)cccc3Cl)c2-c2ncccn2)c1C(F)F. The number of aliphatic hydroxyl groups is 3. The highest BCUT2D eigenvalue weighted by Crippen LogP contribution is 2.44. The Bertz CT molecular complexity index is 1330. The summed E-state index contributed by atoms with van der Waals surface area (Å²) in [7, 11) is 0.